The van der Waals surface area contributed by atoms with E-state index in [4.69, 9.17) is 0 Å². The summed E-state index contributed by atoms with van der Waals surface area (Å²) in [4.78, 5) is 66.2. The van der Waals surface area contributed by atoms with E-state index in [-0.39, 0.29) is 25.7 Å². The van der Waals surface area contributed by atoms with E-state index in [0.717, 1.165) is 17.3 Å². The first-order chi connectivity index (χ1) is 20.2. The monoisotopic (exact) mass is 577 g/mol. The molecule has 7 N–H and O–H groups in total. The summed E-state index contributed by atoms with van der Waals surface area (Å²) in [5, 5.41) is 30.8. The quantitative estimate of drug-likeness (QED) is 0.148. The maximum absolute atomic E-state index is 13.5. The lowest BCUT2D eigenvalue weighted by Gasteiger charge is -2.25. The second kappa shape index (κ2) is 14.3. The van der Waals surface area contributed by atoms with Gasteiger partial charge in [-0.15, -0.1) is 0 Å². The van der Waals surface area contributed by atoms with E-state index in [2.05, 4.69) is 26.3 Å². The predicted molar refractivity (Wildman–Crippen MR) is 153 cm³/mol. The lowest BCUT2D eigenvalue weighted by atomic mass is 10.0. The van der Waals surface area contributed by atoms with E-state index in [1.54, 1.807) is 36.5 Å². The number of carboxylic acid groups (broad SMARTS) is 2. The number of hydrogen-bond donors (Lipinski definition) is 7. The number of aliphatic carboxylic acids is 2. The maximum atomic E-state index is 13.5. The SMILES string of the molecule is O=C(O)CCC(NC(=O)C1CCCN1)C(=O)NC(Cc1ccccc1)C(=O)NC(Cc1c[nH]c2ccccc12)C(=O)O. The van der Waals surface area contributed by atoms with Crippen molar-refractivity contribution in [1.82, 2.24) is 26.3 Å². The molecule has 1 aliphatic rings. The van der Waals surface area contributed by atoms with E-state index >= 15 is 0 Å². The molecular formula is C30H35N5O7. The summed E-state index contributed by atoms with van der Waals surface area (Å²) in [6.07, 6.45) is 2.57. The topological polar surface area (TPSA) is 190 Å². The molecule has 12 nitrogen and oxygen atoms in total. The number of rotatable bonds is 14. The van der Waals surface area contributed by atoms with Crippen LogP contribution >= 0.6 is 0 Å². The maximum Gasteiger partial charge on any atom is 0.326 e. The third-order valence-electron chi connectivity index (χ3n) is 7.29. The Morgan fingerprint density at radius 1 is 0.833 bits per heavy atom. The van der Waals surface area contributed by atoms with Crippen molar-refractivity contribution in [2.24, 2.45) is 0 Å². The van der Waals surface area contributed by atoms with Gasteiger partial charge in [-0.2, -0.15) is 0 Å². The van der Waals surface area contributed by atoms with Crippen LogP contribution in [-0.4, -0.2) is 75.6 Å². The number of aromatic amines is 1. The van der Waals surface area contributed by atoms with Gasteiger partial charge >= 0.3 is 11.9 Å². The van der Waals surface area contributed by atoms with Gasteiger partial charge in [-0.3, -0.25) is 19.2 Å². The van der Waals surface area contributed by atoms with Crippen LogP contribution in [0.1, 0.15) is 36.8 Å². The number of amides is 3. The molecule has 1 aliphatic heterocycles. The van der Waals surface area contributed by atoms with Crippen molar-refractivity contribution in [1.29, 1.82) is 0 Å². The van der Waals surface area contributed by atoms with Crippen LogP contribution in [0.25, 0.3) is 10.9 Å². The van der Waals surface area contributed by atoms with Crippen LogP contribution in [0.5, 0.6) is 0 Å². The third kappa shape index (κ3) is 8.16. The molecule has 0 aliphatic carbocycles. The first kappa shape index (κ1) is 30.3. The first-order valence-electron chi connectivity index (χ1n) is 13.9. The first-order valence-corrected chi connectivity index (χ1v) is 13.9. The van der Waals surface area contributed by atoms with Crippen LogP contribution < -0.4 is 21.3 Å². The largest absolute Gasteiger partial charge is 0.481 e. The summed E-state index contributed by atoms with van der Waals surface area (Å²) < 4.78 is 0. The number of para-hydroxylation sites is 1. The number of benzene rings is 2. The second-order valence-corrected chi connectivity index (χ2v) is 10.4. The highest BCUT2D eigenvalue weighted by Crippen LogP contribution is 2.19. The fraction of sp³-hybridized carbons (Fsp3) is 0.367. The van der Waals surface area contributed by atoms with Gasteiger partial charge in [0, 0.05) is 36.4 Å². The molecule has 2 heterocycles. The molecule has 3 aromatic rings. The molecule has 222 valence electrons. The van der Waals surface area contributed by atoms with E-state index in [0.29, 0.717) is 24.1 Å². The number of aromatic nitrogens is 1. The third-order valence-corrected chi connectivity index (χ3v) is 7.29. The molecule has 4 atom stereocenters. The van der Waals surface area contributed by atoms with Gasteiger partial charge in [0.15, 0.2) is 0 Å². The van der Waals surface area contributed by atoms with Gasteiger partial charge in [0.1, 0.15) is 18.1 Å². The Labute approximate surface area is 242 Å². The molecule has 0 bridgehead atoms. The zero-order valence-electron chi connectivity index (χ0n) is 23.0. The average Bonchev–Trinajstić information content (AvgIpc) is 3.66. The molecule has 4 rings (SSSR count). The number of carbonyl (C=O) groups is 5. The highest BCUT2D eigenvalue weighted by atomic mass is 16.4. The number of carbonyl (C=O) groups excluding carboxylic acids is 3. The normalized spacial score (nSPS) is 16.7. The van der Waals surface area contributed by atoms with Gasteiger partial charge < -0.3 is 36.5 Å². The molecule has 12 heteroatoms. The van der Waals surface area contributed by atoms with Crippen molar-refractivity contribution in [3.05, 3.63) is 71.9 Å². The molecule has 1 aromatic heterocycles. The van der Waals surface area contributed by atoms with Gasteiger partial charge in [0.05, 0.1) is 6.04 Å². The molecule has 3 amide bonds. The van der Waals surface area contributed by atoms with E-state index < -0.39 is 53.8 Å². The van der Waals surface area contributed by atoms with Crippen molar-refractivity contribution in [2.75, 3.05) is 6.54 Å². The van der Waals surface area contributed by atoms with Crippen molar-refractivity contribution in [3.8, 4) is 0 Å². The molecule has 2 aromatic carbocycles. The Bertz CT molecular complexity index is 1420. The minimum atomic E-state index is -1.29. The minimum absolute atomic E-state index is 0.00275. The number of H-pyrrole nitrogens is 1. The number of hydrogen-bond acceptors (Lipinski definition) is 6. The lowest BCUT2D eigenvalue weighted by Crippen LogP contribution is -2.57. The van der Waals surface area contributed by atoms with Gasteiger partial charge in [-0.1, -0.05) is 48.5 Å². The fourth-order valence-corrected chi connectivity index (χ4v) is 5.04. The zero-order valence-corrected chi connectivity index (χ0v) is 23.0. The Morgan fingerprint density at radius 3 is 2.21 bits per heavy atom. The Kier molecular flexibility index (Phi) is 10.3. The summed E-state index contributed by atoms with van der Waals surface area (Å²) in [6, 6.07) is 12.1. The fourth-order valence-electron chi connectivity index (χ4n) is 5.04. The molecule has 42 heavy (non-hydrogen) atoms. The van der Waals surface area contributed by atoms with Gasteiger partial charge in [-0.25, -0.2) is 4.79 Å². The smallest absolute Gasteiger partial charge is 0.326 e. The Balaban J connectivity index is 1.52. The van der Waals surface area contributed by atoms with Gasteiger partial charge in [-0.05, 0) is 43.0 Å². The van der Waals surface area contributed by atoms with E-state index in [1.807, 2.05) is 24.3 Å². The number of carboxylic acids is 2. The lowest BCUT2D eigenvalue weighted by molar-refractivity contribution is -0.142. The van der Waals surface area contributed by atoms with Crippen molar-refractivity contribution < 1.29 is 34.2 Å². The molecular weight excluding hydrogens is 542 g/mol. The highest BCUT2D eigenvalue weighted by molar-refractivity contribution is 5.94. The summed E-state index contributed by atoms with van der Waals surface area (Å²) in [5.74, 6) is -4.26. The minimum Gasteiger partial charge on any atom is -0.481 e. The summed E-state index contributed by atoms with van der Waals surface area (Å²) in [7, 11) is 0. The van der Waals surface area contributed by atoms with E-state index in [9.17, 15) is 34.2 Å². The number of nitrogens with one attached hydrogen (secondary N) is 5. The van der Waals surface area contributed by atoms with Crippen LogP contribution in [-0.2, 0) is 36.8 Å². The van der Waals surface area contributed by atoms with Crippen molar-refractivity contribution in [3.63, 3.8) is 0 Å². The van der Waals surface area contributed by atoms with Crippen LogP contribution in [0.2, 0.25) is 0 Å². The van der Waals surface area contributed by atoms with Crippen LogP contribution in [0.3, 0.4) is 0 Å². The standard InChI is InChI=1S/C30H35N5O7/c36-26(37)13-12-23(33-27(38)22-11-6-14-31-22)28(39)34-24(15-18-7-2-1-3-8-18)29(40)35-25(30(41)42)16-19-17-32-21-10-5-4-9-20(19)21/h1-5,7-10,17,22-25,31-32H,6,11-16H2,(H,33,38)(H,34,39)(H,35,40)(H,36,37)(H,41,42). The van der Waals surface area contributed by atoms with Crippen LogP contribution in [0.4, 0.5) is 0 Å². The Hall–Kier alpha value is -4.71. The average molecular weight is 578 g/mol. The predicted octanol–water partition coefficient (Wildman–Crippen LogP) is 1.11. The number of fused-ring (bicyclic) bond motifs is 1. The molecule has 0 saturated carbocycles. The molecule has 4 unspecified atom stereocenters. The zero-order chi connectivity index (χ0) is 30.1. The van der Waals surface area contributed by atoms with Crippen molar-refractivity contribution in [2.45, 2.75) is 62.7 Å². The molecule has 1 fully saturated rings. The van der Waals surface area contributed by atoms with Crippen LogP contribution in [0.15, 0.2) is 60.8 Å². The van der Waals surface area contributed by atoms with Gasteiger partial charge in [0.25, 0.3) is 0 Å². The Morgan fingerprint density at radius 2 is 1.52 bits per heavy atom. The molecule has 1 saturated heterocycles. The van der Waals surface area contributed by atoms with Gasteiger partial charge in [0.2, 0.25) is 17.7 Å². The molecule has 0 spiro atoms. The second-order valence-electron chi connectivity index (χ2n) is 10.4. The van der Waals surface area contributed by atoms with Crippen LogP contribution in [0, 0.1) is 0 Å². The summed E-state index contributed by atoms with van der Waals surface area (Å²) >= 11 is 0. The summed E-state index contributed by atoms with van der Waals surface area (Å²) in [6.45, 7) is 0.659. The summed E-state index contributed by atoms with van der Waals surface area (Å²) in [5.41, 5.74) is 2.25. The molecule has 0 radical (unpaired) electrons. The van der Waals surface area contributed by atoms with E-state index in [1.165, 1.54) is 0 Å². The van der Waals surface area contributed by atoms with Crippen molar-refractivity contribution >= 4 is 40.6 Å². The highest BCUT2D eigenvalue weighted by Gasteiger charge is 2.32.